The van der Waals surface area contributed by atoms with Crippen LogP contribution in [-0.4, -0.2) is 33.6 Å². The second-order valence-corrected chi connectivity index (χ2v) is 11.9. The maximum atomic E-state index is 15.5. The molecule has 1 unspecified atom stereocenters. The molecule has 3 heterocycles. The van der Waals surface area contributed by atoms with Gasteiger partial charge in [0.15, 0.2) is 12.1 Å². The Balaban J connectivity index is 1.38. The maximum Gasteiger partial charge on any atom is 0.439 e. The smallest absolute Gasteiger partial charge is 0.439 e. The lowest BCUT2D eigenvalue weighted by Crippen LogP contribution is -2.19. The summed E-state index contributed by atoms with van der Waals surface area (Å²) < 4.78 is 33.2. The standard InChI is InChI=1S/C35H32ClFN4O4/c1-43-25-14-15-26(28(36)20-25)33(22-5-4-6-22)32(23-11-8-21(9-12-23)10-17-30-38-35(42)45-40-30)24-13-16-29-27(19-24)34(37)39-41(29)31-7-2-3-18-44-31/h8-17,19-20,22,31H,2-7,18H2,1H3,(H,38,40,42). The van der Waals surface area contributed by atoms with Crippen molar-refractivity contribution < 1.29 is 18.4 Å². The van der Waals surface area contributed by atoms with Crippen LogP contribution in [0.3, 0.4) is 0 Å². The van der Waals surface area contributed by atoms with Gasteiger partial charge in [0, 0.05) is 6.61 Å². The minimum atomic E-state index is -0.606. The zero-order valence-corrected chi connectivity index (χ0v) is 25.5. The molecule has 230 valence electrons. The number of allylic oxidation sites excluding steroid dienone is 1. The third-order valence-corrected chi connectivity index (χ3v) is 9.03. The van der Waals surface area contributed by atoms with Gasteiger partial charge in [-0.05, 0) is 108 Å². The first kappa shape index (κ1) is 29.3. The highest BCUT2D eigenvalue weighted by molar-refractivity contribution is 6.33. The fraction of sp³-hybridized carbons (Fsp3) is 0.286. The molecule has 1 N–H and O–H groups in total. The molecular formula is C35H32ClFN4O4. The summed E-state index contributed by atoms with van der Waals surface area (Å²) in [7, 11) is 1.62. The molecule has 1 saturated carbocycles. The van der Waals surface area contributed by atoms with E-state index in [9.17, 15) is 4.79 Å². The fourth-order valence-corrected chi connectivity index (χ4v) is 6.49. The Kier molecular flexibility index (Phi) is 8.12. The third-order valence-electron chi connectivity index (χ3n) is 8.72. The lowest BCUT2D eigenvalue weighted by atomic mass is 9.73. The fourth-order valence-electron chi connectivity index (χ4n) is 6.22. The van der Waals surface area contributed by atoms with Crippen molar-refractivity contribution in [2.75, 3.05) is 13.7 Å². The second kappa shape index (κ2) is 12.5. The van der Waals surface area contributed by atoms with E-state index < -0.39 is 11.7 Å². The number of aromatic amines is 1. The molecule has 1 aliphatic heterocycles. The van der Waals surface area contributed by atoms with Crippen molar-refractivity contribution in [1.82, 2.24) is 19.9 Å². The molecule has 10 heteroatoms. The van der Waals surface area contributed by atoms with Gasteiger partial charge in [-0.25, -0.2) is 9.48 Å². The van der Waals surface area contributed by atoms with E-state index in [0.29, 0.717) is 34.1 Å². The topological polar surface area (TPSA) is 95.2 Å². The minimum absolute atomic E-state index is 0.272. The number of aromatic nitrogens is 4. The van der Waals surface area contributed by atoms with Crippen molar-refractivity contribution in [1.29, 1.82) is 0 Å². The number of hydrogen-bond donors (Lipinski definition) is 1. The summed E-state index contributed by atoms with van der Waals surface area (Å²) >= 11 is 6.93. The van der Waals surface area contributed by atoms with Crippen molar-refractivity contribution in [3.05, 3.63) is 110 Å². The first-order valence-corrected chi connectivity index (χ1v) is 15.6. The first-order valence-electron chi connectivity index (χ1n) is 15.2. The van der Waals surface area contributed by atoms with Crippen LogP contribution in [0.2, 0.25) is 5.02 Å². The van der Waals surface area contributed by atoms with Crippen LogP contribution >= 0.6 is 11.6 Å². The van der Waals surface area contributed by atoms with Crippen LogP contribution in [0.1, 0.15) is 72.8 Å². The van der Waals surface area contributed by atoms with Gasteiger partial charge in [-0.2, -0.15) is 4.39 Å². The Morgan fingerprint density at radius 2 is 1.84 bits per heavy atom. The van der Waals surface area contributed by atoms with Crippen LogP contribution in [-0.2, 0) is 4.74 Å². The molecule has 2 aromatic heterocycles. The molecule has 8 nitrogen and oxygen atoms in total. The van der Waals surface area contributed by atoms with E-state index in [1.54, 1.807) is 17.9 Å². The zero-order valence-electron chi connectivity index (χ0n) is 24.8. The number of nitrogens with one attached hydrogen (secondary N) is 1. The highest BCUT2D eigenvalue weighted by atomic mass is 35.5. The van der Waals surface area contributed by atoms with Gasteiger partial charge < -0.3 is 9.47 Å². The number of H-pyrrole nitrogens is 1. The first-order chi connectivity index (χ1) is 22.0. The van der Waals surface area contributed by atoms with Crippen LogP contribution in [0.4, 0.5) is 4.39 Å². The largest absolute Gasteiger partial charge is 0.497 e. The average Bonchev–Trinajstić information content (AvgIpc) is 3.61. The Morgan fingerprint density at radius 3 is 2.51 bits per heavy atom. The van der Waals surface area contributed by atoms with E-state index in [-0.39, 0.29) is 12.1 Å². The van der Waals surface area contributed by atoms with Crippen LogP contribution in [0.15, 0.2) is 70.0 Å². The van der Waals surface area contributed by atoms with Gasteiger partial charge in [0.1, 0.15) is 5.75 Å². The predicted octanol–water partition coefficient (Wildman–Crippen LogP) is 8.14. The summed E-state index contributed by atoms with van der Waals surface area (Å²) in [6.45, 7) is 0.647. The molecule has 2 fully saturated rings. The van der Waals surface area contributed by atoms with E-state index in [1.165, 1.54) is 0 Å². The minimum Gasteiger partial charge on any atom is -0.497 e. The molecule has 1 aliphatic carbocycles. The summed E-state index contributed by atoms with van der Waals surface area (Å²) in [4.78, 5) is 13.8. The number of nitrogens with zero attached hydrogens (tertiary/aromatic N) is 3. The van der Waals surface area contributed by atoms with Gasteiger partial charge in [-0.15, -0.1) is 5.10 Å². The van der Waals surface area contributed by atoms with E-state index in [2.05, 4.69) is 31.9 Å². The maximum absolute atomic E-state index is 15.5. The summed E-state index contributed by atoms with van der Waals surface area (Å²) in [6.07, 6.45) is 9.28. The van der Waals surface area contributed by atoms with Gasteiger partial charge in [-0.1, -0.05) is 59.6 Å². The molecule has 5 aromatic rings. The van der Waals surface area contributed by atoms with E-state index in [4.69, 9.17) is 21.1 Å². The molecule has 1 atom stereocenters. The number of halogens is 2. The molecule has 3 aromatic carbocycles. The van der Waals surface area contributed by atoms with Crippen LogP contribution in [0, 0.1) is 11.9 Å². The molecule has 0 spiro atoms. The quantitative estimate of drug-likeness (QED) is 0.175. The number of methoxy groups -OCH3 is 1. The van der Waals surface area contributed by atoms with Crippen molar-refractivity contribution >= 4 is 45.8 Å². The Bertz CT molecular complexity index is 1960. The monoisotopic (exact) mass is 626 g/mol. The van der Waals surface area contributed by atoms with Crippen LogP contribution < -0.4 is 10.5 Å². The molecule has 45 heavy (non-hydrogen) atoms. The Morgan fingerprint density at radius 1 is 1.02 bits per heavy atom. The van der Waals surface area contributed by atoms with Crippen LogP contribution in [0.5, 0.6) is 5.75 Å². The number of hydrogen-bond acceptors (Lipinski definition) is 6. The molecule has 0 radical (unpaired) electrons. The number of rotatable bonds is 8. The normalized spacial score (nSPS) is 17.9. The lowest BCUT2D eigenvalue weighted by Gasteiger charge is -2.32. The number of fused-ring (bicyclic) bond motifs is 1. The average molecular weight is 627 g/mol. The lowest BCUT2D eigenvalue weighted by molar-refractivity contribution is -0.0375. The van der Waals surface area contributed by atoms with Gasteiger partial charge >= 0.3 is 5.76 Å². The van der Waals surface area contributed by atoms with Gasteiger partial charge in [0.25, 0.3) is 0 Å². The van der Waals surface area contributed by atoms with E-state index in [0.717, 1.165) is 71.9 Å². The number of benzene rings is 3. The molecule has 0 bridgehead atoms. The predicted molar refractivity (Wildman–Crippen MR) is 172 cm³/mol. The molecule has 7 rings (SSSR count). The van der Waals surface area contributed by atoms with Crippen LogP contribution in [0.25, 0.3) is 34.2 Å². The third kappa shape index (κ3) is 5.85. The van der Waals surface area contributed by atoms with E-state index in [1.807, 2.05) is 54.6 Å². The summed E-state index contributed by atoms with van der Waals surface area (Å²) in [5.41, 5.74) is 6.52. The Hall–Kier alpha value is -4.47. The Labute approximate surface area is 264 Å². The van der Waals surface area contributed by atoms with Crippen molar-refractivity contribution in [3.8, 4) is 5.75 Å². The van der Waals surface area contributed by atoms with Crippen molar-refractivity contribution in [2.24, 2.45) is 5.92 Å². The summed E-state index contributed by atoms with van der Waals surface area (Å²) in [5.74, 6) is 0.183. The van der Waals surface area contributed by atoms with Crippen molar-refractivity contribution in [3.63, 3.8) is 0 Å². The van der Waals surface area contributed by atoms with E-state index >= 15 is 4.39 Å². The molecule has 0 amide bonds. The SMILES string of the molecule is COc1ccc(C(=C(c2ccc(C=Cc3noc(=O)[nH]3)cc2)c2ccc3c(c2)c(F)nn3C2CCCCO2)C2CCC2)c(Cl)c1. The number of ether oxygens (including phenoxy) is 2. The van der Waals surface area contributed by atoms with Gasteiger partial charge in [0.2, 0.25) is 5.95 Å². The summed E-state index contributed by atoms with van der Waals surface area (Å²) in [5, 5.41) is 9.02. The zero-order chi connectivity index (χ0) is 30.9. The molecule has 2 aliphatic rings. The highest BCUT2D eigenvalue weighted by Crippen LogP contribution is 2.47. The van der Waals surface area contributed by atoms with Crippen molar-refractivity contribution in [2.45, 2.75) is 44.8 Å². The highest BCUT2D eigenvalue weighted by Gasteiger charge is 2.29. The van der Waals surface area contributed by atoms with Gasteiger partial charge in [0.05, 0.1) is 23.0 Å². The molecular weight excluding hydrogens is 595 g/mol. The van der Waals surface area contributed by atoms with Gasteiger partial charge in [-0.3, -0.25) is 9.51 Å². The second-order valence-electron chi connectivity index (χ2n) is 11.5. The molecule has 1 saturated heterocycles. The summed E-state index contributed by atoms with van der Waals surface area (Å²) in [6, 6.07) is 19.8.